The Morgan fingerprint density at radius 2 is 1.73 bits per heavy atom. The zero-order valence-electron chi connectivity index (χ0n) is 10.2. The van der Waals surface area contributed by atoms with Gasteiger partial charge in [-0.25, -0.2) is 4.79 Å². The Balaban J connectivity index is 4.46. The van der Waals surface area contributed by atoms with Crippen molar-refractivity contribution < 1.29 is 14.3 Å². The van der Waals surface area contributed by atoms with Crippen LogP contribution in [0.1, 0.15) is 33.6 Å². The lowest BCUT2D eigenvalue weighted by molar-refractivity contribution is -0.139. The summed E-state index contributed by atoms with van der Waals surface area (Å²) >= 11 is 0. The lowest BCUT2D eigenvalue weighted by Crippen LogP contribution is -2.08. The number of carbonyl (C=O) groups excluding carboxylic acids is 1. The van der Waals surface area contributed by atoms with E-state index in [0.29, 0.717) is 5.76 Å². The molecule has 0 heterocycles. The average molecular weight is 212 g/mol. The molecule has 0 spiro atoms. The molecular weight excluding hydrogens is 192 g/mol. The fourth-order valence-electron chi connectivity index (χ4n) is 1.22. The van der Waals surface area contributed by atoms with Crippen molar-refractivity contribution in [3.8, 4) is 0 Å². The Labute approximate surface area is 91.8 Å². The van der Waals surface area contributed by atoms with Gasteiger partial charge in [0.1, 0.15) is 0 Å². The predicted molar refractivity (Wildman–Crippen MR) is 60.4 cm³/mol. The van der Waals surface area contributed by atoms with Crippen LogP contribution in [0.4, 0.5) is 0 Å². The molecule has 15 heavy (non-hydrogen) atoms. The van der Waals surface area contributed by atoms with E-state index < -0.39 is 5.97 Å². The SMILES string of the molecule is COC(=O)C(OC)=C(C)CCC=C(C)C. The van der Waals surface area contributed by atoms with E-state index in [-0.39, 0.29) is 0 Å². The van der Waals surface area contributed by atoms with Gasteiger partial charge in [0.25, 0.3) is 0 Å². The van der Waals surface area contributed by atoms with Gasteiger partial charge in [-0.05, 0) is 39.2 Å². The Bertz CT molecular complexity index is 271. The molecule has 0 saturated heterocycles. The second-order valence-electron chi connectivity index (χ2n) is 3.63. The zero-order valence-corrected chi connectivity index (χ0v) is 10.2. The number of esters is 1. The molecule has 86 valence electrons. The highest BCUT2D eigenvalue weighted by Gasteiger charge is 2.12. The van der Waals surface area contributed by atoms with Crippen molar-refractivity contribution in [3.05, 3.63) is 23.0 Å². The highest BCUT2D eigenvalue weighted by molar-refractivity contribution is 5.86. The summed E-state index contributed by atoms with van der Waals surface area (Å²) in [6.45, 7) is 5.99. The van der Waals surface area contributed by atoms with E-state index in [4.69, 9.17) is 4.74 Å². The van der Waals surface area contributed by atoms with Gasteiger partial charge in [-0.1, -0.05) is 11.6 Å². The maximum Gasteiger partial charge on any atom is 0.373 e. The Morgan fingerprint density at radius 3 is 2.13 bits per heavy atom. The largest absolute Gasteiger partial charge is 0.490 e. The van der Waals surface area contributed by atoms with E-state index >= 15 is 0 Å². The lowest BCUT2D eigenvalue weighted by Gasteiger charge is -2.07. The van der Waals surface area contributed by atoms with E-state index in [9.17, 15) is 4.79 Å². The third-order valence-electron chi connectivity index (χ3n) is 2.03. The number of allylic oxidation sites excluding steroid dienone is 3. The molecule has 0 aromatic carbocycles. The van der Waals surface area contributed by atoms with Crippen LogP contribution >= 0.6 is 0 Å². The van der Waals surface area contributed by atoms with Crippen LogP contribution < -0.4 is 0 Å². The molecule has 0 fully saturated rings. The second-order valence-corrected chi connectivity index (χ2v) is 3.63. The van der Waals surface area contributed by atoms with Crippen molar-refractivity contribution >= 4 is 5.97 Å². The highest BCUT2D eigenvalue weighted by Crippen LogP contribution is 2.13. The number of carbonyl (C=O) groups is 1. The molecule has 0 aromatic heterocycles. The summed E-state index contributed by atoms with van der Waals surface area (Å²) in [5.74, 6) is -0.0909. The topological polar surface area (TPSA) is 35.5 Å². The third-order valence-corrected chi connectivity index (χ3v) is 2.03. The standard InChI is InChI=1S/C12H20O3/c1-9(2)7-6-8-10(3)11(14-4)12(13)15-5/h7H,6,8H2,1-5H3. The van der Waals surface area contributed by atoms with Crippen LogP contribution in [0.2, 0.25) is 0 Å². The highest BCUT2D eigenvalue weighted by atomic mass is 16.6. The van der Waals surface area contributed by atoms with Crippen LogP contribution in [0.25, 0.3) is 0 Å². The molecule has 0 saturated carbocycles. The van der Waals surface area contributed by atoms with Crippen LogP contribution in [0.15, 0.2) is 23.0 Å². The number of hydrogen-bond donors (Lipinski definition) is 0. The van der Waals surface area contributed by atoms with Gasteiger partial charge in [-0.3, -0.25) is 0 Å². The molecular formula is C12H20O3. The molecule has 0 unspecified atom stereocenters. The quantitative estimate of drug-likeness (QED) is 0.304. The van der Waals surface area contributed by atoms with Crippen LogP contribution in [0, 0.1) is 0 Å². The molecule has 0 aliphatic carbocycles. The third kappa shape index (κ3) is 5.25. The number of hydrogen-bond acceptors (Lipinski definition) is 3. The monoisotopic (exact) mass is 212 g/mol. The van der Waals surface area contributed by atoms with E-state index in [2.05, 4.69) is 24.7 Å². The van der Waals surface area contributed by atoms with Gasteiger partial charge in [0.2, 0.25) is 5.76 Å². The van der Waals surface area contributed by atoms with Crippen molar-refractivity contribution in [2.45, 2.75) is 33.6 Å². The van der Waals surface area contributed by atoms with Gasteiger partial charge in [-0.15, -0.1) is 0 Å². The molecule has 0 rings (SSSR count). The molecule has 3 heteroatoms. The zero-order chi connectivity index (χ0) is 11.8. The number of methoxy groups -OCH3 is 2. The van der Waals surface area contributed by atoms with Gasteiger partial charge < -0.3 is 9.47 Å². The van der Waals surface area contributed by atoms with E-state index in [1.165, 1.54) is 19.8 Å². The average Bonchev–Trinajstić information content (AvgIpc) is 2.18. The van der Waals surface area contributed by atoms with Gasteiger partial charge in [0.15, 0.2) is 0 Å². The maximum absolute atomic E-state index is 11.3. The number of rotatable bonds is 5. The first-order valence-electron chi connectivity index (χ1n) is 4.98. The molecule has 0 N–H and O–H groups in total. The lowest BCUT2D eigenvalue weighted by atomic mass is 10.1. The van der Waals surface area contributed by atoms with Crippen LogP contribution in [-0.2, 0) is 14.3 Å². The molecule has 3 nitrogen and oxygen atoms in total. The summed E-state index contributed by atoms with van der Waals surface area (Å²) in [5, 5.41) is 0. The van der Waals surface area contributed by atoms with Crippen molar-refractivity contribution in [1.82, 2.24) is 0 Å². The predicted octanol–water partition coefficient (Wildman–Crippen LogP) is 2.83. The first kappa shape index (κ1) is 13.8. The van der Waals surface area contributed by atoms with Gasteiger partial charge in [0, 0.05) is 0 Å². The summed E-state index contributed by atoms with van der Waals surface area (Å²) < 4.78 is 9.62. The first-order chi connectivity index (χ1) is 7.02. The number of ether oxygens (including phenoxy) is 2. The molecule has 0 aromatic rings. The normalized spacial score (nSPS) is 11.5. The summed E-state index contributed by atoms with van der Waals surface area (Å²) in [7, 11) is 2.83. The van der Waals surface area contributed by atoms with Crippen molar-refractivity contribution in [2.75, 3.05) is 14.2 Å². The summed E-state index contributed by atoms with van der Waals surface area (Å²) in [5.41, 5.74) is 2.20. The minimum Gasteiger partial charge on any atom is -0.490 e. The second kappa shape index (κ2) is 7.10. The molecule has 0 aliphatic rings. The molecule has 0 bridgehead atoms. The molecule has 0 amide bonds. The van der Waals surface area contributed by atoms with Gasteiger partial charge in [0.05, 0.1) is 14.2 Å². The molecule has 0 radical (unpaired) electrons. The van der Waals surface area contributed by atoms with Crippen LogP contribution in [-0.4, -0.2) is 20.2 Å². The van der Waals surface area contributed by atoms with Crippen LogP contribution in [0.5, 0.6) is 0 Å². The van der Waals surface area contributed by atoms with E-state index in [1.54, 1.807) is 0 Å². The smallest absolute Gasteiger partial charge is 0.373 e. The Morgan fingerprint density at radius 1 is 1.13 bits per heavy atom. The summed E-state index contributed by atoms with van der Waals surface area (Å²) in [6, 6.07) is 0. The summed E-state index contributed by atoms with van der Waals surface area (Å²) in [4.78, 5) is 11.3. The minimum absolute atomic E-state index is 0.319. The van der Waals surface area contributed by atoms with E-state index in [0.717, 1.165) is 18.4 Å². The van der Waals surface area contributed by atoms with Crippen molar-refractivity contribution in [3.63, 3.8) is 0 Å². The van der Waals surface area contributed by atoms with Gasteiger partial charge >= 0.3 is 5.97 Å². The minimum atomic E-state index is -0.410. The van der Waals surface area contributed by atoms with Crippen molar-refractivity contribution in [1.29, 1.82) is 0 Å². The van der Waals surface area contributed by atoms with Gasteiger partial charge in [-0.2, -0.15) is 0 Å². The van der Waals surface area contributed by atoms with Crippen LogP contribution in [0.3, 0.4) is 0 Å². The fraction of sp³-hybridized carbons (Fsp3) is 0.583. The maximum atomic E-state index is 11.3. The fourth-order valence-corrected chi connectivity index (χ4v) is 1.22. The molecule has 0 aliphatic heterocycles. The Hall–Kier alpha value is -1.25. The van der Waals surface area contributed by atoms with E-state index in [1.807, 2.05) is 6.92 Å². The first-order valence-corrected chi connectivity index (χ1v) is 4.98. The summed E-state index contributed by atoms with van der Waals surface area (Å²) in [6.07, 6.45) is 3.86. The Kier molecular flexibility index (Phi) is 6.50. The van der Waals surface area contributed by atoms with Crippen molar-refractivity contribution in [2.24, 2.45) is 0 Å². The molecule has 0 atom stereocenters.